The lowest BCUT2D eigenvalue weighted by Gasteiger charge is -2.22. The number of nitrogens with one attached hydrogen (secondary N) is 2. The molecule has 0 saturated heterocycles. The summed E-state index contributed by atoms with van der Waals surface area (Å²) in [5.74, 6) is -0.177. The maximum Gasteiger partial charge on any atom is 0.255 e. The van der Waals surface area contributed by atoms with Crippen LogP contribution in [-0.4, -0.2) is 36.1 Å². The zero-order valence-electron chi connectivity index (χ0n) is 15.3. The van der Waals surface area contributed by atoms with Crippen LogP contribution < -0.4 is 15.4 Å². The quantitative estimate of drug-likeness (QED) is 0.796. The van der Waals surface area contributed by atoms with E-state index in [1.165, 1.54) is 13.5 Å². The third kappa shape index (κ3) is 4.83. The highest BCUT2D eigenvalue weighted by Crippen LogP contribution is 2.30. The first kappa shape index (κ1) is 19.3. The number of carbonyl (C=O) groups excluding carboxylic acids is 2. The summed E-state index contributed by atoms with van der Waals surface area (Å²) in [7, 11) is 1.50. The van der Waals surface area contributed by atoms with Crippen molar-refractivity contribution in [3.05, 3.63) is 47.2 Å². The van der Waals surface area contributed by atoms with Crippen LogP contribution in [0.2, 0.25) is 5.02 Å². The van der Waals surface area contributed by atoms with Crippen LogP contribution in [0, 0.1) is 0 Å². The number of hydrogen-bond acceptors (Lipinski definition) is 3. The number of aromatic nitrogens is 1. The molecular weight excluding hydrogens is 366 g/mol. The van der Waals surface area contributed by atoms with Crippen molar-refractivity contribution in [2.45, 2.75) is 38.1 Å². The van der Waals surface area contributed by atoms with Gasteiger partial charge >= 0.3 is 0 Å². The molecule has 27 heavy (non-hydrogen) atoms. The zero-order chi connectivity index (χ0) is 19.2. The molecule has 1 fully saturated rings. The highest BCUT2D eigenvalue weighted by Gasteiger charge is 2.19. The predicted molar refractivity (Wildman–Crippen MR) is 105 cm³/mol. The fraction of sp³-hybridized carbons (Fsp3) is 0.400. The lowest BCUT2D eigenvalue weighted by Crippen LogP contribution is -2.42. The van der Waals surface area contributed by atoms with Crippen molar-refractivity contribution in [1.82, 2.24) is 15.2 Å². The van der Waals surface area contributed by atoms with E-state index in [9.17, 15) is 9.59 Å². The second-order valence-electron chi connectivity index (χ2n) is 6.68. The van der Waals surface area contributed by atoms with E-state index in [0.717, 1.165) is 25.7 Å². The molecule has 7 heteroatoms. The van der Waals surface area contributed by atoms with Gasteiger partial charge in [-0.15, -0.1) is 0 Å². The number of rotatable bonds is 6. The number of nitrogens with zero attached hydrogens (tertiary/aromatic N) is 1. The number of amides is 2. The molecule has 1 aromatic carbocycles. The first-order valence-electron chi connectivity index (χ1n) is 9.17. The van der Waals surface area contributed by atoms with Gasteiger partial charge in [0.1, 0.15) is 5.75 Å². The smallest absolute Gasteiger partial charge is 0.255 e. The van der Waals surface area contributed by atoms with Crippen molar-refractivity contribution in [2.24, 2.45) is 0 Å². The Balaban J connectivity index is 1.65. The molecule has 1 aliphatic rings. The number of methoxy groups -OCH3 is 1. The van der Waals surface area contributed by atoms with Gasteiger partial charge in [-0.25, -0.2) is 0 Å². The Labute approximate surface area is 163 Å². The van der Waals surface area contributed by atoms with Gasteiger partial charge in [0.2, 0.25) is 5.91 Å². The lowest BCUT2D eigenvalue weighted by molar-refractivity contribution is -0.121. The number of halogens is 1. The van der Waals surface area contributed by atoms with Gasteiger partial charge in [-0.05, 0) is 31.0 Å². The summed E-state index contributed by atoms with van der Waals surface area (Å²) in [6.07, 6.45) is 9.23. The summed E-state index contributed by atoms with van der Waals surface area (Å²) in [4.78, 5) is 24.6. The van der Waals surface area contributed by atoms with Crippen LogP contribution in [0.15, 0.2) is 36.7 Å². The standard InChI is InChI=1S/C20H24ClN3O3/c1-27-18-12-17(24-9-5-6-10-24)16(21)11-15(18)20(26)22-13-19(25)23-14-7-3-2-4-8-14/h5-6,9-12,14H,2-4,7-8,13H2,1H3,(H,22,26)(H,23,25). The predicted octanol–water partition coefficient (Wildman–Crippen LogP) is 3.32. The van der Waals surface area contributed by atoms with Crippen LogP contribution in [0.4, 0.5) is 0 Å². The van der Waals surface area contributed by atoms with Crippen LogP contribution in [-0.2, 0) is 4.79 Å². The maximum absolute atomic E-state index is 12.5. The van der Waals surface area contributed by atoms with E-state index in [4.69, 9.17) is 16.3 Å². The molecule has 0 atom stereocenters. The zero-order valence-corrected chi connectivity index (χ0v) is 16.1. The molecule has 2 N–H and O–H groups in total. The van der Waals surface area contributed by atoms with Crippen LogP contribution in [0.25, 0.3) is 5.69 Å². The Morgan fingerprint density at radius 3 is 2.56 bits per heavy atom. The van der Waals surface area contributed by atoms with Gasteiger partial charge in [0, 0.05) is 24.5 Å². The van der Waals surface area contributed by atoms with Gasteiger partial charge in [-0.2, -0.15) is 0 Å². The van der Waals surface area contributed by atoms with Crippen molar-refractivity contribution in [3.8, 4) is 11.4 Å². The van der Waals surface area contributed by atoms with E-state index in [-0.39, 0.29) is 18.5 Å². The normalized spacial score (nSPS) is 14.6. The van der Waals surface area contributed by atoms with E-state index in [0.29, 0.717) is 22.0 Å². The van der Waals surface area contributed by atoms with E-state index in [1.54, 1.807) is 12.1 Å². The van der Waals surface area contributed by atoms with Crippen molar-refractivity contribution in [1.29, 1.82) is 0 Å². The second kappa shape index (κ2) is 8.95. The molecule has 0 spiro atoms. The molecule has 6 nitrogen and oxygen atoms in total. The fourth-order valence-electron chi connectivity index (χ4n) is 3.36. The maximum atomic E-state index is 12.5. The van der Waals surface area contributed by atoms with Crippen LogP contribution in [0.3, 0.4) is 0 Å². The highest BCUT2D eigenvalue weighted by molar-refractivity contribution is 6.33. The highest BCUT2D eigenvalue weighted by atomic mass is 35.5. The molecule has 0 bridgehead atoms. The van der Waals surface area contributed by atoms with Crippen molar-refractivity contribution < 1.29 is 14.3 Å². The van der Waals surface area contributed by atoms with Gasteiger partial charge in [0.15, 0.2) is 0 Å². The molecule has 1 heterocycles. The molecule has 0 aliphatic heterocycles. The molecule has 2 amide bonds. The molecule has 1 saturated carbocycles. The van der Waals surface area contributed by atoms with Crippen LogP contribution in [0.5, 0.6) is 5.75 Å². The topological polar surface area (TPSA) is 72.4 Å². The third-order valence-electron chi connectivity index (χ3n) is 4.78. The summed E-state index contributed by atoms with van der Waals surface area (Å²) in [5, 5.41) is 6.05. The molecular formula is C20H24ClN3O3. The Kier molecular flexibility index (Phi) is 6.40. The molecule has 3 rings (SSSR count). The van der Waals surface area contributed by atoms with Crippen LogP contribution in [0.1, 0.15) is 42.5 Å². The van der Waals surface area contributed by atoms with E-state index >= 15 is 0 Å². The van der Waals surface area contributed by atoms with Gasteiger partial charge in [0.25, 0.3) is 5.91 Å². The van der Waals surface area contributed by atoms with Crippen molar-refractivity contribution >= 4 is 23.4 Å². The van der Waals surface area contributed by atoms with Crippen molar-refractivity contribution in [3.63, 3.8) is 0 Å². The molecule has 1 aromatic heterocycles. The van der Waals surface area contributed by atoms with E-state index in [2.05, 4.69) is 10.6 Å². The Morgan fingerprint density at radius 2 is 1.89 bits per heavy atom. The Bertz CT molecular complexity index is 799. The molecule has 2 aromatic rings. The lowest BCUT2D eigenvalue weighted by atomic mass is 9.95. The average Bonchev–Trinajstić information content (AvgIpc) is 3.21. The summed E-state index contributed by atoms with van der Waals surface area (Å²) in [6, 6.07) is 7.25. The summed E-state index contributed by atoms with van der Waals surface area (Å²) >= 11 is 6.35. The number of ether oxygens (including phenoxy) is 1. The number of carbonyl (C=O) groups is 2. The third-order valence-corrected chi connectivity index (χ3v) is 5.08. The molecule has 0 radical (unpaired) electrons. The van der Waals surface area contributed by atoms with Gasteiger partial charge < -0.3 is 19.9 Å². The summed E-state index contributed by atoms with van der Waals surface area (Å²) in [6.45, 7) is -0.0739. The molecule has 1 aliphatic carbocycles. The van der Waals surface area contributed by atoms with E-state index in [1.807, 2.05) is 29.1 Å². The second-order valence-corrected chi connectivity index (χ2v) is 7.09. The molecule has 144 valence electrons. The average molecular weight is 390 g/mol. The Morgan fingerprint density at radius 1 is 1.19 bits per heavy atom. The van der Waals surface area contributed by atoms with E-state index < -0.39 is 5.91 Å². The minimum atomic E-state index is -0.397. The summed E-state index contributed by atoms with van der Waals surface area (Å²) < 4.78 is 7.19. The summed E-state index contributed by atoms with van der Waals surface area (Å²) in [5.41, 5.74) is 1.01. The van der Waals surface area contributed by atoms with Gasteiger partial charge in [-0.3, -0.25) is 9.59 Å². The number of hydrogen-bond donors (Lipinski definition) is 2. The first-order valence-corrected chi connectivity index (χ1v) is 9.54. The van der Waals surface area contributed by atoms with Crippen LogP contribution >= 0.6 is 11.6 Å². The first-order chi connectivity index (χ1) is 13.1. The monoisotopic (exact) mass is 389 g/mol. The minimum absolute atomic E-state index is 0.0739. The SMILES string of the molecule is COc1cc(-n2cccc2)c(Cl)cc1C(=O)NCC(=O)NC1CCCCC1. The number of benzene rings is 1. The van der Waals surface area contributed by atoms with Gasteiger partial charge in [0.05, 0.1) is 29.9 Å². The minimum Gasteiger partial charge on any atom is -0.496 e. The largest absolute Gasteiger partial charge is 0.496 e. The Hall–Kier alpha value is -2.47. The van der Waals surface area contributed by atoms with Crippen molar-refractivity contribution in [2.75, 3.05) is 13.7 Å². The molecule has 0 unspecified atom stereocenters. The van der Waals surface area contributed by atoms with Gasteiger partial charge in [-0.1, -0.05) is 30.9 Å². The fourth-order valence-corrected chi connectivity index (χ4v) is 3.62.